The molecular weight excluding hydrogens is 401 g/mol. The van der Waals surface area contributed by atoms with Gasteiger partial charge in [-0.2, -0.15) is 0 Å². The van der Waals surface area contributed by atoms with E-state index in [1.807, 2.05) is 0 Å². The average Bonchev–Trinajstić information content (AvgIpc) is 3.12. The van der Waals surface area contributed by atoms with Crippen molar-refractivity contribution in [2.45, 2.75) is 10.9 Å². The van der Waals surface area contributed by atoms with Crippen LogP contribution < -0.4 is 10.0 Å². The van der Waals surface area contributed by atoms with Crippen LogP contribution in [0.4, 0.5) is 15.8 Å². The first-order valence-electron chi connectivity index (χ1n) is 8.44. The number of nitro groups is 1. The van der Waals surface area contributed by atoms with Crippen LogP contribution in [0.1, 0.15) is 17.4 Å². The molecule has 2 aromatic carbocycles. The highest BCUT2D eigenvalue weighted by Gasteiger charge is 2.26. The summed E-state index contributed by atoms with van der Waals surface area (Å²) in [6.45, 7) is 0. The number of hydrogen-bond donors (Lipinski definition) is 2. The minimum absolute atomic E-state index is 0.0290. The quantitative estimate of drug-likeness (QED) is 0.449. The molecule has 11 heteroatoms. The summed E-state index contributed by atoms with van der Waals surface area (Å²) >= 11 is 0. The Kier molecular flexibility index (Phi) is 5.62. The van der Waals surface area contributed by atoms with Crippen molar-refractivity contribution in [1.82, 2.24) is 14.3 Å². The van der Waals surface area contributed by atoms with Crippen molar-refractivity contribution in [2.24, 2.45) is 7.05 Å². The topological polar surface area (TPSA) is 119 Å². The molecule has 0 aliphatic heterocycles. The molecule has 0 amide bonds. The Morgan fingerprint density at radius 1 is 1.24 bits per heavy atom. The van der Waals surface area contributed by atoms with Crippen molar-refractivity contribution < 1.29 is 17.7 Å². The minimum Gasteiger partial charge on any atom is -0.366 e. The van der Waals surface area contributed by atoms with Gasteiger partial charge in [0.1, 0.15) is 23.4 Å². The van der Waals surface area contributed by atoms with Crippen molar-refractivity contribution in [1.29, 1.82) is 0 Å². The van der Waals surface area contributed by atoms with Gasteiger partial charge in [0, 0.05) is 31.1 Å². The van der Waals surface area contributed by atoms with Crippen LogP contribution in [-0.4, -0.2) is 29.9 Å². The smallest absolute Gasteiger partial charge is 0.293 e. The number of nitrogens with one attached hydrogen (secondary N) is 2. The molecule has 2 N–H and O–H groups in total. The van der Waals surface area contributed by atoms with Crippen LogP contribution in [0.15, 0.2) is 59.8 Å². The Morgan fingerprint density at radius 3 is 2.55 bits per heavy atom. The van der Waals surface area contributed by atoms with Crippen molar-refractivity contribution in [3.8, 4) is 0 Å². The monoisotopic (exact) mass is 419 g/mol. The molecule has 0 aliphatic rings. The van der Waals surface area contributed by atoms with Crippen molar-refractivity contribution >= 4 is 21.4 Å². The number of sulfonamides is 1. The van der Waals surface area contributed by atoms with Gasteiger partial charge in [-0.15, -0.1) is 0 Å². The van der Waals surface area contributed by atoms with Crippen LogP contribution in [-0.2, 0) is 17.1 Å². The maximum atomic E-state index is 14.5. The third-order valence-corrected chi connectivity index (χ3v) is 5.79. The molecule has 0 saturated heterocycles. The predicted molar refractivity (Wildman–Crippen MR) is 104 cm³/mol. The van der Waals surface area contributed by atoms with Gasteiger partial charge in [-0.3, -0.25) is 10.1 Å². The largest absolute Gasteiger partial charge is 0.366 e. The summed E-state index contributed by atoms with van der Waals surface area (Å²) in [5.74, 6) is -0.0821. The second kappa shape index (κ2) is 7.97. The highest BCUT2D eigenvalue weighted by Crippen LogP contribution is 2.33. The average molecular weight is 419 g/mol. The molecule has 3 rings (SSSR count). The summed E-state index contributed by atoms with van der Waals surface area (Å²) in [5, 5.41) is 14.5. The first kappa shape index (κ1) is 20.4. The Balaban J connectivity index is 2.12. The number of aryl methyl sites for hydroxylation is 1. The standard InChI is InChI=1S/C18H18FN5O4S/c1-20-29(27,28)12-7-8-15(16(11-12)24(25)26)22-17(18-21-9-10-23(18)2)13-5-3-4-6-14(13)19/h3-11,17,20,22H,1-2H3/t17-/m1/s1. The number of anilines is 1. The van der Waals surface area contributed by atoms with E-state index in [9.17, 15) is 22.9 Å². The highest BCUT2D eigenvalue weighted by atomic mass is 32.2. The first-order chi connectivity index (χ1) is 13.7. The number of aromatic nitrogens is 2. The van der Waals surface area contributed by atoms with Gasteiger partial charge in [-0.05, 0) is 25.2 Å². The lowest BCUT2D eigenvalue weighted by atomic mass is 10.0. The van der Waals surface area contributed by atoms with Crippen LogP contribution in [0.3, 0.4) is 0 Å². The number of nitro benzene ring substituents is 1. The minimum atomic E-state index is -3.87. The molecular formula is C18H18FN5O4S. The second-order valence-electron chi connectivity index (χ2n) is 6.14. The third-order valence-electron chi connectivity index (χ3n) is 4.38. The molecule has 0 radical (unpaired) electrons. The SMILES string of the molecule is CNS(=O)(=O)c1ccc(N[C@H](c2ccccc2F)c2nccn2C)c([N+](=O)[O-])c1. The molecule has 0 fully saturated rings. The maximum Gasteiger partial charge on any atom is 0.293 e. The van der Waals surface area contributed by atoms with E-state index in [-0.39, 0.29) is 16.1 Å². The maximum absolute atomic E-state index is 14.5. The summed E-state index contributed by atoms with van der Waals surface area (Å²) < 4.78 is 42.2. The molecule has 1 atom stereocenters. The lowest BCUT2D eigenvalue weighted by Crippen LogP contribution is -2.20. The van der Waals surface area contributed by atoms with E-state index in [1.54, 1.807) is 29.9 Å². The van der Waals surface area contributed by atoms with Gasteiger partial charge in [0.05, 0.1) is 9.82 Å². The molecule has 1 heterocycles. The summed E-state index contributed by atoms with van der Waals surface area (Å²) in [6, 6.07) is 8.63. The van der Waals surface area contributed by atoms with Crippen molar-refractivity contribution in [3.63, 3.8) is 0 Å². The number of halogens is 1. The van der Waals surface area contributed by atoms with E-state index in [0.29, 0.717) is 5.82 Å². The second-order valence-corrected chi connectivity index (χ2v) is 8.03. The molecule has 0 aliphatic carbocycles. The molecule has 1 aromatic heterocycles. The summed E-state index contributed by atoms with van der Waals surface area (Å²) in [4.78, 5) is 14.9. The molecule has 3 aromatic rings. The van der Waals surface area contributed by atoms with Gasteiger partial charge in [0.15, 0.2) is 0 Å². The van der Waals surface area contributed by atoms with E-state index < -0.39 is 32.5 Å². The normalized spacial score (nSPS) is 12.5. The number of imidazole rings is 1. The Labute approximate surface area is 166 Å². The zero-order valence-electron chi connectivity index (χ0n) is 15.5. The zero-order valence-corrected chi connectivity index (χ0v) is 16.4. The van der Waals surface area contributed by atoms with Crippen molar-refractivity contribution in [2.75, 3.05) is 12.4 Å². The summed E-state index contributed by atoms with van der Waals surface area (Å²) in [6.07, 6.45) is 3.20. The summed E-state index contributed by atoms with van der Waals surface area (Å²) in [5.41, 5.74) is -0.193. The van der Waals surface area contributed by atoms with E-state index in [1.165, 1.54) is 37.5 Å². The first-order valence-corrected chi connectivity index (χ1v) is 9.93. The van der Waals surface area contributed by atoms with Gasteiger partial charge < -0.3 is 9.88 Å². The van der Waals surface area contributed by atoms with Crippen LogP contribution >= 0.6 is 0 Å². The van der Waals surface area contributed by atoms with Gasteiger partial charge in [0.2, 0.25) is 10.0 Å². The molecule has 0 saturated carbocycles. The lowest BCUT2D eigenvalue weighted by molar-refractivity contribution is -0.384. The van der Waals surface area contributed by atoms with Gasteiger partial charge in [0.25, 0.3) is 5.69 Å². The number of benzene rings is 2. The fourth-order valence-electron chi connectivity index (χ4n) is 2.87. The molecule has 0 spiro atoms. The number of nitrogens with zero attached hydrogens (tertiary/aromatic N) is 3. The van der Waals surface area contributed by atoms with E-state index in [4.69, 9.17) is 0 Å². The summed E-state index contributed by atoms with van der Waals surface area (Å²) in [7, 11) is -0.939. The third kappa shape index (κ3) is 4.10. The van der Waals surface area contributed by atoms with E-state index in [0.717, 1.165) is 6.07 Å². The Bertz CT molecular complexity index is 1160. The Morgan fingerprint density at radius 2 is 1.97 bits per heavy atom. The van der Waals surface area contributed by atoms with Crippen molar-refractivity contribution in [3.05, 3.63) is 82.2 Å². The number of rotatable bonds is 7. The fourth-order valence-corrected chi connectivity index (χ4v) is 3.62. The Hall–Kier alpha value is -3.31. The van der Waals surface area contributed by atoms with Crippen LogP contribution in [0, 0.1) is 15.9 Å². The molecule has 9 nitrogen and oxygen atoms in total. The molecule has 152 valence electrons. The van der Waals surface area contributed by atoms with Crippen LogP contribution in [0.5, 0.6) is 0 Å². The lowest BCUT2D eigenvalue weighted by Gasteiger charge is -2.21. The predicted octanol–water partition coefficient (Wildman–Crippen LogP) is 2.58. The van der Waals surface area contributed by atoms with Gasteiger partial charge >= 0.3 is 0 Å². The van der Waals surface area contributed by atoms with Gasteiger partial charge in [-0.1, -0.05) is 18.2 Å². The number of hydrogen-bond acceptors (Lipinski definition) is 6. The molecule has 0 unspecified atom stereocenters. The fraction of sp³-hybridized carbons (Fsp3) is 0.167. The van der Waals surface area contributed by atoms with Crippen LogP contribution in [0.2, 0.25) is 0 Å². The van der Waals surface area contributed by atoms with Gasteiger partial charge in [-0.25, -0.2) is 22.5 Å². The zero-order chi connectivity index (χ0) is 21.2. The molecule has 29 heavy (non-hydrogen) atoms. The highest BCUT2D eigenvalue weighted by molar-refractivity contribution is 7.89. The molecule has 0 bridgehead atoms. The van der Waals surface area contributed by atoms with E-state index in [2.05, 4.69) is 15.0 Å². The van der Waals surface area contributed by atoms with E-state index >= 15 is 0 Å². The van der Waals surface area contributed by atoms with Crippen LogP contribution in [0.25, 0.3) is 0 Å².